The summed E-state index contributed by atoms with van der Waals surface area (Å²) in [4.78, 5) is 0. The van der Waals surface area contributed by atoms with Gasteiger partial charge in [0.2, 0.25) is 5.92 Å². The predicted molar refractivity (Wildman–Crippen MR) is 66.5 cm³/mol. The third kappa shape index (κ3) is 2.70. The average Bonchev–Trinajstić information content (AvgIpc) is 2.32. The van der Waals surface area contributed by atoms with Gasteiger partial charge in [0.05, 0.1) is 0 Å². The first kappa shape index (κ1) is 13.4. The molecule has 0 amide bonds. The van der Waals surface area contributed by atoms with Crippen LogP contribution in [0.2, 0.25) is 0 Å². The van der Waals surface area contributed by atoms with Crippen LogP contribution in [0.5, 0.6) is 0 Å². The van der Waals surface area contributed by atoms with Gasteiger partial charge in [-0.2, -0.15) is 0 Å². The molecule has 3 heteroatoms. The maximum Gasteiger partial charge on any atom is 0.248 e. The lowest BCUT2D eigenvalue weighted by Crippen LogP contribution is -2.27. The Hall–Kier alpha value is -0.990. The average molecular weight is 256 g/mol. The van der Waals surface area contributed by atoms with Crippen LogP contribution in [0.3, 0.4) is 0 Å². The quantitative estimate of drug-likeness (QED) is 0.693. The lowest BCUT2D eigenvalue weighted by atomic mass is 9.75. The molecule has 1 atom stereocenters. The Kier molecular flexibility index (Phi) is 3.69. The normalized spacial score (nSPS) is 21.8. The van der Waals surface area contributed by atoms with E-state index in [1.807, 2.05) is 13.0 Å². The number of halogens is 3. The monoisotopic (exact) mass is 256 g/mol. The molecule has 0 aromatic heterocycles. The maximum atomic E-state index is 13.5. The first-order valence-electron chi connectivity index (χ1n) is 6.53. The number of hydrogen-bond donors (Lipinski definition) is 0. The molecule has 0 N–H and O–H groups in total. The molecule has 1 aromatic rings. The van der Waals surface area contributed by atoms with E-state index in [1.165, 1.54) is 6.07 Å². The van der Waals surface area contributed by atoms with Gasteiger partial charge in [-0.25, -0.2) is 13.2 Å². The Morgan fingerprint density at radius 1 is 1.22 bits per heavy atom. The van der Waals surface area contributed by atoms with Gasteiger partial charge in [-0.05, 0) is 48.8 Å². The van der Waals surface area contributed by atoms with E-state index in [0.29, 0.717) is 18.4 Å². The Morgan fingerprint density at radius 2 is 1.83 bits per heavy atom. The molecule has 18 heavy (non-hydrogen) atoms. The zero-order chi connectivity index (χ0) is 13.3. The molecule has 1 aromatic carbocycles. The van der Waals surface area contributed by atoms with Gasteiger partial charge < -0.3 is 0 Å². The fraction of sp³-hybridized carbons (Fsp3) is 0.600. The standard InChI is InChI=1S/C15H19F3/c1-10(12-6-8-15(17,18)9-7-12)13-4-3-5-14(16)11(13)2/h3-5,10,12H,6-9H2,1-2H3. The first-order chi connectivity index (χ1) is 8.41. The summed E-state index contributed by atoms with van der Waals surface area (Å²) in [6, 6.07) is 5.06. The van der Waals surface area contributed by atoms with Gasteiger partial charge in [-0.1, -0.05) is 19.1 Å². The second kappa shape index (κ2) is 4.94. The van der Waals surface area contributed by atoms with E-state index >= 15 is 0 Å². The molecule has 2 rings (SSSR count). The van der Waals surface area contributed by atoms with Crippen molar-refractivity contribution >= 4 is 0 Å². The summed E-state index contributed by atoms with van der Waals surface area (Å²) in [6.07, 6.45) is 1.00. The lowest BCUT2D eigenvalue weighted by Gasteiger charge is -2.32. The number of benzene rings is 1. The smallest absolute Gasteiger partial charge is 0.207 e. The second-order valence-corrected chi connectivity index (χ2v) is 5.44. The Labute approximate surface area is 106 Å². The topological polar surface area (TPSA) is 0 Å². The van der Waals surface area contributed by atoms with Crippen molar-refractivity contribution in [1.29, 1.82) is 0 Å². The molecule has 0 heterocycles. The summed E-state index contributed by atoms with van der Waals surface area (Å²) in [5, 5.41) is 0. The highest BCUT2D eigenvalue weighted by molar-refractivity contribution is 5.30. The van der Waals surface area contributed by atoms with Crippen molar-refractivity contribution < 1.29 is 13.2 Å². The van der Waals surface area contributed by atoms with Crippen molar-refractivity contribution in [3.8, 4) is 0 Å². The largest absolute Gasteiger partial charge is 0.248 e. The molecule has 0 spiro atoms. The summed E-state index contributed by atoms with van der Waals surface area (Å²) >= 11 is 0. The van der Waals surface area contributed by atoms with Crippen LogP contribution in [-0.2, 0) is 0 Å². The van der Waals surface area contributed by atoms with Gasteiger partial charge in [-0.15, -0.1) is 0 Å². The summed E-state index contributed by atoms with van der Waals surface area (Å²) in [5.74, 6) is -2.31. The maximum absolute atomic E-state index is 13.5. The van der Waals surface area contributed by atoms with E-state index in [4.69, 9.17) is 0 Å². The molecule has 100 valence electrons. The molecule has 1 aliphatic carbocycles. The molecule has 0 radical (unpaired) electrons. The van der Waals surface area contributed by atoms with E-state index in [2.05, 4.69) is 0 Å². The van der Waals surface area contributed by atoms with Gasteiger partial charge >= 0.3 is 0 Å². The van der Waals surface area contributed by atoms with Crippen LogP contribution in [0.4, 0.5) is 13.2 Å². The minimum absolute atomic E-state index is 0.0314. The third-order valence-corrected chi connectivity index (χ3v) is 4.27. The highest BCUT2D eigenvalue weighted by atomic mass is 19.3. The zero-order valence-corrected chi connectivity index (χ0v) is 10.8. The highest BCUT2D eigenvalue weighted by Gasteiger charge is 2.37. The van der Waals surface area contributed by atoms with Gasteiger partial charge in [-0.3, -0.25) is 0 Å². The van der Waals surface area contributed by atoms with E-state index in [0.717, 1.165) is 5.56 Å². The Bertz CT molecular complexity index is 416. The summed E-state index contributed by atoms with van der Waals surface area (Å²) in [5.41, 5.74) is 1.62. The van der Waals surface area contributed by atoms with Crippen LogP contribution < -0.4 is 0 Å². The van der Waals surface area contributed by atoms with Crippen molar-refractivity contribution in [2.75, 3.05) is 0 Å². The minimum atomic E-state index is -2.49. The van der Waals surface area contributed by atoms with E-state index in [-0.39, 0.29) is 30.5 Å². The van der Waals surface area contributed by atoms with Gasteiger partial charge in [0.15, 0.2) is 0 Å². The molecule has 1 saturated carbocycles. The molecule has 0 saturated heterocycles. The molecule has 0 aliphatic heterocycles. The Morgan fingerprint density at radius 3 is 2.44 bits per heavy atom. The van der Waals surface area contributed by atoms with E-state index in [1.54, 1.807) is 13.0 Å². The fourth-order valence-corrected chi connectivity index (χ4v) is 2.93. The van der Waals surface area contributed by atoms with Crippen LogP contribution in [0.15, 0.2) is 18.2 Å². The molecule has 1 unspecified atom stereocenters. The molecular formula is C15H19F3. The van der Waals surface area contributed by atoms with Crippen LogP contribution in [0.1, 0.15) is 49.7 Å². The van der Waals surface area contributed by atoms with Crippen LogP contribution in [0.25, 0.3) is 0 Å². The number of hydrogen-bond acceptors (Lipinski definition) is 0. The predicted octanol–water partition coefficient (Wildman–Crippen LogP) is 5.06. The van der Waals surface area contributed by atoms with Crippen LogP contribution in [0, 0.1) is 18.7 Å². The summed E-state index contributed by atoms with van der Waals surface area (Å²) < 4.78 is 39.8. The fourth-order valence-electron chi connectivity index (χ4n) is 2.93. The highest BCUT2D eigenvalue weighted by Crippen LogP contribution is 2.42. The molecule has 1 fully saturated rings. The number of rotatable bonds is 2. The molecular weight excluding hydrogens is 237 g/mol. The van der Waals surface area contributed by atoms with Crippen molar-refractivity contribution in [1.82, 2.24) is 0 Å². The van der Waals surface area contributed by atoms with Gasteiger partial charge in [0.25, 0.3) is 0 Å². The molecule has 1 aliphatic rings. The molecule has 0 bridgehead atoms. The van der Waals surface area contributed by atoms with Crippen molar-refractivity contribution in [2.24, 2.45) is 5.92 Å². The van der Waals surface area contributed by atoms with Gasteiger partial charge in [0, 0.05) is 12.8 Å². The third-order valence-electron chi connectivity index (χ3n) is 4.27. The minimum Gasteiger partial charge on any atom is -0.207 e. The van der Waals surface area contributed by atoms with Gasteiger partial charge in [0.1, 0.15) is 5.82 Å². The van der Waals surface area contributed by atoms with Crippen LogP contribution >= 0.6 is 0 Å². The second-order valence-electron chi connectivity index (χ2n) is 5.44. The zero-order valence-electron chi connectivity index (χ0n) is 10.8. The SMILES string of the molecule is Cc1c(F)cccc1C(C)C1CCC(F)(F)CC1. The van der Waals surface area contributed by atoms with Crippen molar-refractivity contribution in [3.63, 3.8) is 0 Å². The van der Waals surface area contributed by atoms with E-state index < -0.39 is 5.92 Å². The van der Waals surface area contributed by atoms with E-state index in [9.17, 15) is 13.2 Å². The lowest BCUT2D eigenvalue weighted by molar-refractivity contribution is -0.0479. The molecule has 0 nitrogen and oxygen atoms in total. The summed E-state index contributed by atoms with van der Waals surface area (Å²) in [6.45, 7) is 3.79. The Balaban J connectivity index is 2.12. The van der Waals surface area contributed by atoms with Crippen molar-refractivity contribution in [3.05, 3.63) is 35.1 Å². The summed E-state index contributed by atoms with van der Waals surface area (Å²) in [7, 11) is 0. The number of alkyl halides is 2. The first-order valence-corrected chi connectivity index (χ1v) is 6.53. The van der Waals surface area contributed by atoms with Crippen LogP contribution in [-0.4, -0.2) is 5.92 Å². The van der Waals surface area contributed by atoms with Crippen molar-refractivity contribution in [2.45, 2.75) is 51.4 Å².